The number of hydrogen-bond donors (Lipinski definition) is 2. The Morgan fingerprint density at radius 2 is 2.06 bits per heavy atom. The average Bonchev–Trinajstić information content (AvgIpc) is 3.37. The van der Waals surface area contributed by atoms with Gasteiger partial charge < -0.3 is 10.4 Å². The number of sulfone groups is 1. The second kappa shape index (κ2) is 10.3. The summed E-state index contributed by atoms with van der Waals surface area (Å²) >= 11 is 6.25. The first-order valence-electron chi connectivity index (χ1n) is 10.2. The molecule has 31 heavy (non-hydrogen) atoms. The molecule has 1 saturated carbocycles. The van der Waals surface area contributed by atoms with E-state index in [1.807, 2.05) is 0 Å². The molecular formula is C22H26ClN3O4S. The average molecular weight is 464 g/mol. The van der Waals surface area contributed by atoms with E-state index in [4.69, 9.17) is 16.7 Å². The van der Waals surface area contributed by atoms with Crippen LogP contribution in [-0.2, 0) is 21.2 Å². The molecule has 0 bridgehead atoms. The Hall–Kier alpha value is -2.34. The molecule has 3 rings (SSSR count). The molecule has 9 heteroatoms. The minimum Gasteiger partial charge on any atom is -0.384 e. The molecule has 1 aromatic heterocycles. The quantitative estimate of drug-likeness (QED) is 0.614. The molecule has 0 saturated heterocycles. The van der Waals surface area contributed by atoms with Gasteiger partial charge in [0.2, 0.25) is 5.91 Å². The molecule has 1 atom stereocenters. The predicted molar refractivity (Wildman–Crippen MR) is 120 cm³/mol. The number of hydrogen-bond acceptors (Lipinski definition) is 5. The highest BCUT2D eigenvalue weighted by atomic mass is 35.5. The maximum Gasteiger partial charge on any atom is 0.233 e. The van der Waals surface area contributed by atoms with Crippen molar-refractivity contribution in [1.82, 2.24) is 9.78 Å². The van der Waals surface area contributed by atoms with E-state index in [9.17, 15) is 13.2 Å². The first kappa shape index (κ1) is 23.3. The van der Waals surface area contributed by atoms with Crippen molar-refractivity contribution in [2.24, 2.45) is 5.92 Å². The Kier molecular flexibility index (Phi) is 7.76. The third-order valence-corrected chi connectivity index (χ3v) is 7.03. The van der Waals surface area contributed by atoms with Gasteiger partial charge in [-0.15, -0.1) is 0 Å². The van der Waals surface area contributed by atoms with Gasteiger partial charge in [-0.1, -0.05) is 55.2 Å². The van der Waals surface area contributed by atoms with E-state index < -0.39 is 15.8 Å². The normalized spacial score (nSPS) is 15.3. The van der Waals surface area contributed by atoms with Crippen LogP contribution in [0.1, 0.15) is 43.6 Å². The number of carbonyl (C=O) groups excluding carboxylic acids is 1. The fourth-order valence-electron chi connectivity index (χ4n) is 3.93. The van der Waals surface area contributed by atoms with Gasteiger partial charge in [0.15, 0.2) is 15.7 Å². The van der Waals surface area contributed by atoms with Gasteiger partial charge in [0.25, 0.3) is 0 Å². The van der Waals surface area contributed by atoms with Gasteiger partial charge in [-0.05, 0) is 30.0 Å². The summed E-state index contributed by atoms with van der Waals surface area (Å²) in [4.78, 5) is 13.2. The maximum absolute atomic E-state index is 13.2. The van der Waals surface area contributed by atoms with Crippen molar-refractivity contribution in [3.8, 4) is 11.8 Å². The molecule has 1 aromatic carbocycles. The Labute approximate surface area is 187 Å². The second-order valence-electron chi connectivity index (χ2n) is 7.80. The van der Waals surface area contributed by atoms with Crippen LogP contribution in [0, 0.1) is 17.8 Å². The number of rotatable bonds is 7. The number of anilines is 1. The van der Waals surface area contributed by atoms with E-state index in [-0.39, 0.29) is 22.4 Å². The van der Waals surface area contributed by atoms with Crippen molar-refractivity contribution >= 4 is 33.2 Å². The molecule has 1 aliphatic carbocycles. The summed E-state index contributed by atoms with van der Waals surface area (Å²) < 4.78 is 25.3. The van der Waals surface area contributed by atoms with Crippen LogP contribution in [0.25, 0.3) is 0 Å². The van der Waals surface area contributed by atoms with E-state index in [0.717, 1.165) is 31.9 Å². The van der Waals surface area contributed by atoms with Crippen LogP contribution in [0.3, 0.4) is 0 Å². The van der Waals surface area contributed by atoms with Crippen LogP contribution in [-0.4, -0.2) is 42.1 Å². The Morgan fingerprint density at radius 3 is 2.71 bits per heavy atom. The number of nitrogens with zero attached hydrogens (tertiary/aromatic N) is 2. The van der Waals surface area contributed by atoms with E-state index in [2.05, 4.69) is 22.3 Å². The van der Waals surface area contributed by atoms with Gasteiger partial charge in [0.05, 0.1) is 15.8 Å². The molecule has 0 radical (unpaired) electrons. The third kappa shape index (κ3) is 6.33. The molecule has 1 heterocycles. The van der Waals surface area contributed by atoms with Crippen molar-refractivity contribution in [2.75, 3.05) is 18.2 Å². The number of aliphatic hydroxyl groups excluding tert-OH is 1. The molecule has 0 spiro atoms. The summed E-state index contributed by atoms with van der Waals surface area (Å²) in [5, 5.41) is 16.0. The smallest absolute Gasteiger partial charge is 0.233 e. The topological polar surface area (TPSA) is 101 Å². The molecule has 166 valence electrons. The fraction of sp³-hybridized carbons (Fsp3) is 0.455. The minimum absolute atomic E-state index is 0.0562. The lowest BCUT2D eigenvalue weighted by Gasteiger charge is -2.21. The van der Waals surface area contributed by atoms with Crippen LogP contribution in [0.4, 0.5) is 5.82 Å². The lowest BCUT2D eigenvalue weighted by Crippen LogP contribution is -2.23. The summed E-state index contributed by atoms with van der Waals surface area (Å²) in [6.45, 7) is 0.0961. The SMILES string of the molecule is CS(=O)(=O)c1ccc([C@@H](CC2CCCC2)C(=O)Nc2ccn(CC#CCO)n2)cc1Cl. The highest BCUT2D eigenvalue weighted by molar-refractivity contribution is 7.90. The highest BCUT2D eigenvalue weighted by Crippen LogP contribution is 2.36. The Bertz CT molecular complexity index is 1100. The van der Waals surface area contributed by atoms with Crippen LogP contribution >= 0.6 is 11.6 Å². The largest absolute Gasteiger partial charge is 0.384 e. The van der Waals surface area contributed by atoms with Crippen LogP contribution in [0.2, 0.25) is 5.02 Å². The number of amides is 1. The number of nitrogens with one attached hydrogen (secondary N) is 1. The van der Waals surface area contributed by atoms with Crippen LogP contribution < -0.4 is 5.32 Å². The summed E-state index contributed by atoms with van der Waals surface area (Å²) in [6, 6.07) is 6.41. The first-order valence-corrected chi connectivity index (χ1v) is 12.4. The van der Waals surface area contributed by atoms with Crippen LogP contribution in [0.5, 0.6) is 0 Å². The zero-order valence-corrected chi connectivity index (χ0v) is 18.9. The van der Waals surface area contributed by atoms with Gasteiger partial charge in [-0.2, -0.15) is 5.10 Å². The van der Waals surface area contributed by atoms with Gasteiger partial charge in [0, 0.05) is 18.5 Å². The highest BCUT2D eigenvalue weighted by Gasteiger charge is 2.28. The number of aliphatic hydroxyl groups is 1. The van der Waals surface area contributed by atoms with Crippen molar-refractivity contribution in [3.63, 3.8) is 0 Å². The number of benzene rings is 1. The second-order valence-corrected chi connectivity index (χ2v) is 10.2. The van der Waals surface area contributed by atoms with Gasteiger partial charge in [-0.25, -0.2) is 8.42 Å². The van der Waals surface area contributed by atoms with Crippen molar-refractivity contribution < 1.29 is 18.3 Å². The lowest BCUT2D eigenvalue weighted by atomic mass is 9.87. The van der Waals surface area contributed by atoms with Crippen molar-refractivity contribution in [2.45, 2.75) is 49.5 Å². The standard InChI is InChI=1S/C22H26ClN3O4S/c1-31(29,30)20-9-8-17(15-19(20)23)18(14-16-6-2-3-7-16)22(28)24-21-10-12-26(25-21)11-4-5-13-27/h8-10,12,15-16,18,27H,2-3,6-7,11,13-14H2,1H3,(H,24,25,28)/t18-/m1/s1. The summed E-state index contributed by atoms with van der Waals surface area (Å²) in [5.74, 6) is 5.49. The molecule has 1 amide bonds. The van der Waals surface area contributed by atoms with Crippen molar-refractivity contribution in [3.05, 3.63) is 41.0 Å². The monoisotopic (exact) mass is 463 g/mol. The molecule has 2 N–H and O–H groups in total. The van der Waals surface area contributed by atoms with Crippen molar-refractivity contribution in [1.29, 1.82) is 0 Å². The molecule has 7 nitrogen and oxygen atoms in total. The van der Waals surface area contributed by atoms with Gasteiger partial charge >= 0.3 is 0 Å². The Morgan fingerprint density at radius 1 is 1.32 bits per heavy atom. The minimum atomic E-state index is -3.45. The van der Waals surface area contributed by atoms with Gasteiger partial charge in [0.1, 0.15) is 13.2 Å². The molecular weight excluding hydrogens is 438 g/mol. The zero-order chi connectivity index (χ0) is 22.4. The molecule has 1 fully saturated rings. The number of carbonyl (C=O) groups is 1. The van der Waals surface area contributed by atoms with E-state index in [0.29, 0.717) is 30.3 Å². The van der Waals surface area contributed by atoms with Crippen LogP contribution in [0.15, 0.2) is 35.4 Å². The Balaban J connectivity index is 1.81. The predicted octanol–water partition coefficient (Wildman–Crippen LogP) is 3.24. The third-order valence-electron chi connectivity index (χ3n) is 5.46. The van der Waals surface area contributed by atoms with E-state index in [1.165, 1.54) is 6.07 Å². The molecule has 0 unspecified atom stereocenters. The summed E-state index contributed by atoms with van der Waals surface area (Å²) in [5.41, 5.74) is 0.690. The van der Waals surface area contributed by atoms with Gasteiger partial charge in [-0.3, -0.25) is 9.48 Å². The summed E-state index contributed by atoms with van der Waals surface area (Å²) in [7, 11) is -3.45. The molecule has 0 aliphatic heterocycles. The maximum atomic E-state index is 13.2. The summed E-state index contributed by atoms with van der Waals surface area (Å²) in [6.07, 6.45) is 7.96. The zero-order valence-electron chi connectivity index (χ0n) is 17.3. The molecule has 1 aliphatic rings. The number of aromatic nitrogens is 2. The molecule has 2 aromatic rings. The number of halogens is 1. The first-order chi connectivity index (χ1) is 14.8. The fourth-order valence-corrected chi connectivity index (χ4v) is 5.27. The van der Waals surface area contributed by atoms with E-state index in [1.54, 1.807) is 29.1 Å². The van der Waals surface area contributed by atoms with E-state index >= 15 is 0 Å². The lowest BCUT2D eigenvalue weighted by molar-refractivity contribution is -0.118.